The van der Waals surface area contributed by atoms with Gasteiger partial charge in [0.05, 0.1) is 6.10 Å². The summed E-state index contributed by atoms with van der Waals surface area (Å²) in [6.07, 6.45) is 7.08. The highest BCUT2D eigenvalue weighted by Crippen LogP contribution is 2.35. The Morgan fingerprint density at radius 3 is 2.61 bits per heavy atom. The van der Waals surface area contributed by atoms with Crippen LogP contribution in [0, 0.1) is 0 Å². The first-order chi connectivity index (χ1) is 8.77. The van der Waals surface area contributed by atoms with Gasteiger partial charge in [0.1, 0.15) is 0 Å². The third-order valence-electron chi connectivity index (χ3n) is 4.86. The second kappa shape index (κ2) is 5.02. The molecule has 1 saturated carbocycles. The summed E-state index contributed by atoms with van der Waals surface area (Å²) in [6.45, 7) is 0. The van der Waals surface area contributed by atoms with Crippen LogP contribution in [-0.2, 0) is 6.42 Å². The van der Waals surface area contributed by atoms with Crippen molar-refractivity contribution in [3.05, 3.63) is 35.4 Å². The number of rotatable bonds is 2. The van der Waals surface area contributed by atoms with Gasteiger partial charge in [-0.15, -0.1) is 0 Å². The van der Waals surface area contributed by atoms with Gasteiger partial charge >= 0.3 is 0 Å². The van der Waals surface area contributed by atoms with Crippen LogP contribution in [0.3, 0.4) is 0 Å². The standard InChI is InChI=1S/C16H23NO/c1-17(13-8-5-9-13)15-11-4-7-12-6-2-3-10-14(12)16(15)18/h2-3,6,10,13,15-16,18H,4-5,7-9,11H2,1H3. The molecule has 0 bridgehead atoms. The fourth-order valence-corrected chi connectivity index (χ4v) is 3.41. The number of benzene rings is 1. The Kier molecular flexibility index (Phi) is 3.40. The van der Waals surface area contributed by atoms with E-state index in [2.05, 4.69) is 30.1 Å². The molecule has 0 aliphatic heterocycles. The van der Waals surface area contributed by atoms with Gasteiger partial charge in [-0.25, -0.2) is 0 Å². The zero-order valence-corrected chi connectivity index (χ0v) is 11.2. The van der Waals surface area contributed by atoms with Gasteiger partial charge < -0.3 is 5.11 Å². The smallest absolute Gasteiger partial charge is 0.0947 e. The average Bonchev–Trinajstić information content (AvgIpc) is 2.47. The molecule has 0 heterocycles. The number of likely N-dealkylation sites (N-methyl/N-ethyl adjacent to an activating group) is 1. The molecule has 2 aliphatic rings. The van der Waals surface area contributed by atoms with E-state index in [9.17, 15) is 5.11 Å². The molecule has 3 rings (SSSR count). The molecule has 2 unspecified atom stereocenters. The first kappa shape index (κ1) is 12.2. The summed E-state index contributed by atoms with van der Waals surface area (Å²) in [5.41, 5.74) is 2.50. The molecule has 2 atom stereocenters. The molecule has 0 saturated heterocycles. The predicted molar refractivity (Wildman–Crippen MR) is 73.5 cm³/mol. The molecule has 98 valence electrons. The molecule has 1 N–H and O–H groups in total. The Morgan fingerprint density at radius 1 is 1.11 bits per heavy atom. The number of hydrogen-bond donors (Lipinski definition) is 1. The molecule has 18 heavy (non-hydrogen) atoms. The van der Waals surface area contributed by atoms with Gasteiger partial charge in [0.25, 0.3) is 0 Å². The van der Waals surface area contributed by atoms with E-state index >= 15 is 0 Å². The second-order valence-corrected chi connectivity index (χ2v) is 5.85. The fourth-order valence-electron chi connectivity index (χ4n) is 3.41. The third kappa shape index (κ3) is 2.08. The van der Waals surface area contributed by atoms with Gasteiger partial charge in [-0.05, 0) is 50.3 Å². The monoisotopic (exact) mass is 245 g/mol. The van der Waals surface area contributed by atoms with Crippen molar-refractivity contribution in [1.29, 1.82) is 0 Å². The minimum atomic E-state index is -0.311. The lowest BCUT2D eigenvalue weighted by atomic mass is 9.88. The zero-order chi connectivity index (χ0) is 12.5. The second-order valence-electron chi connectivity index (χ2n) is 5.85. The largest absolute Gasteiger partial charge is 0.387 e. The van der Waals surface area contributed by atoms with Crippen molar-refractivity contribution in [2.45, 2.75) is 56.7 Å². The van der Waals surface area contributed by atoms with E-state index in [1.807, 2.05) is 6.07 Å². The van der Waals surface area contributed by atoms with E-state index in [1.165, 1.54) is 31.2 Å². The molecule has 0 spiro atoms. The minimum absolute atomic E-state index is 0.305. The lowest BCUT2D eigenvalue weighted by molar-refractivity contribution is 0.0149. The molecule has 0 radical (unpaired) electrons. The Hall–Kier alpha value is -0.860. The summed E-state index contributed by atoms with van der Waals surface area (Å²) >= 11 is 0. The van der Waals surface area contributed by atoms with Crippen LogP contribution in [0.25, 0.3) is 0 Å². The predicted octanol–water partition coefficient (Wildman–Crippen LogP) is 2.91. The zero-order valence-electron chi connectivity index (χ0n) is 11.2. The Morgan fingerprint density at radius 2 is 1.89 bits per heavy atom. The number of fused-ring (bicyclic) bond motifs is 1. The van der Waals surface area contributed by atoms with Crippen LogP contribution >= 0.6 is 0 Å². The number of hydrogen-bond acceptors (Lipinski definition) is 2. The van der Waals surface area contributed by atoms with Crippen molar-refractivity contribution in [3.63, 3.8) is 0 Å². The number of aliphatic hydroxyl groups is 1. The van der Waals surface area contributed by atoms with Gasteiger partial charge in [0.2, 0.25) is 0 Å². The average molecular weight is 245 g/mol. The summed E-state index contributed by atoms with van der Waals surface area (Å²) in [5, 5.41) is 10.7. The van der Waals surface area contributed by atoms with Crippen molar-refractivity contribution in [3.8, 4) is 0 Å². The molecule has 2 aliphatic carbocycles. The molecule has 0 aromatic heterocycles. The Labute approximate surface area is 110 Å². The Bertz CT molecular complexity index is 413. The lowest BCUT2D eigenvalue weighted by Crippen LogP contribution is -2.46. The quantitative estimate of drug-likeness (QED) is 0.810. The maximum atomic E-state index is 10.7. The molecule has 0 amide bonds. The first-order valence-corrected chi connectivity index (χ1v) is 7.25. The van der Waals surface area contributed by atoms with E-state index < -0.39 is 0 Å². The molecule has 2 nitrogen and oxygen atoms in total. The van der Waals surface area contributed by atoms with Crippen LogP contribution < -0.4 is 0 Å². The van der Waals surface area contributed by atoms with E-state index in [0.717, 1.165) is 18.4 Å². The molecule has 1 aromatic rings. The van der Waals surface area contributed by atoms with Gasteiger partial charge in [-0.2, -0.15) is 0 Å². The molecule has 2 heteroatoms. The van der Waals surface area contributed by atoms with E-state index in [1.54, 1.807) is 0 Å². The number of nitrogens with zero attached hydrogens (tertiary/aromatic N) is 1. The van der Waals surface area contributed by atoms with Crippen LogP contribution in [0.2, 0.25) is 0 Å². The van der Waals surface area contributed by atoms with Crippen LogP contribution in [0.15, 0.2) is 24.3 Å². The van der Waals surface area contributed by atoms with E-state index in [0.29, 0.717) is 12.1 Å². The summed E-state index contributed by atoms with van der Waals surface area (Å²) in [7, 11) is 2.20. The number of aliphatic hydroxyl groups excluding tert-OH is 1. The van der Waals surface area contributed by atoms with Crippen molar-refractivity contribution in [2.75, 3.05) is 7.05 Å². The van der Waals surface area contributed by atoms with Gasteiger partial charge in [-0.3, -0.25) is 4.90 Å². The highest BCUT2D eigenvalue weighted by molar-refractivity contribution is 5.31. The van der Waals surface area contributed by atoms with E-state index in [4.69, 9.17) is 0 Å². The molecular formula is C16H23NO. The highest BCUT2D eigenvalue weighted by atomic mass is 16.3. The van der Waals surface area contributed by atoms with Crippen molar-refractivity contribution in [2.24, 2.45) is 0 Å². The summed E-state index contributed by atoms with van der Waals surface area (Å²) in [6, 6.07) is 9.42. The van der Waals surface area contributed by atoms with Crippen molar-refractivity contribution < 1.29 is 5.11 Å². The van der Waals surface area contributed by atoms with Crippen LogP contribution in [-0.4, -0.2) is 29.1 Å². The van der Waals surface area contributed by atoms with Crippen LogP contribution in [0.4, 0.5) is 0 Å². The topological polar surface area (TPSA) is 23.5 Å². The molecule has 1 aromatic carbocycles. The summed E-state index contributed by atoms with van der Waals surface area (Å²) < 4.78 is 0. The highest BCUT2D eigenvalue weighted by Gasteiger charge is 2.34. The van der Waals surface area contributed by atoms with Gasteiger partial charge in [0.15, 0.2) is 0 Å². The SMILES string of the molecule is CN(C1CCC1)C1CCCc2ccccc2C1O. The van der Waals surface area contributed by atoms with Gasteiger partial charge in [-0.1, -0.05) is 30.7 Å². The van der Waals surface area contributed by atoms with Gasteiger partial charge in [0, 0.05) is 12.1 Å². The van der Waals surface area contributed by atoms with Crippen LogP contribution in [0.1, 0.15) is 49.3 Å². The summed E-state index contributed by atoms with van der Waals surface area (Å²) in [5.74, 6) is 0. The summed E-state index contributed by atoms with van der Waals surface area (Å²) in [4.78, 5) is 2.44. The van der Waals surface area contributed by atoms with Crippen molar-refractivity contribution in [1.82, 2.24) is 4.90 Å². The molecular weight excluding hydrogens is 222 g/mol. The fraction of sp³-hybridized carbons (Fsp3) is 0.625. The maximum Gasteiger partial charge on any atom is 0.0947 e. The maximum absolute atomic E-state index is 10.7. The van der Waals surface area contributed by atoms with Crippen molar-refractivity contribution >= 4 is 0 Å². The Balaban J connectivity index is 1.84. The van der Waals surface area contributed by atoms with Crippen LogP contribution in [0.5, 0.6) is 0 Å². The third-order valence-corrected chi connectivity index (χ3v) is 4.86. The normalized spacial score (nSPS) is 28.6. The lowest BCUT2D eigenvalue weighted by Gasteiger charge is -2.41. The van der Waals surface area contributed by atoms with E-state index in [-0.39, 0.29) is 6.10 Å². The first-order valence-electron chi connectivity index (χ1n) is 7.25. The number of aryl methyl sites for hydroxylation is 1. The molecule has 1 fully saturated rings. The minimum Gasteiger partial charge on any atom is -0.387 e.